The van der Waals surface area contributed by atoms with Crippen molar-refractivity contribution >= 4 is 21.7 Å². The number of para-hydroxylation sites is 1. The minimum absolute atomic E-state index is 0.0776. The molecule has 0 bridgehead atoms. The SMILES string of the molecule is CC(=O)CC(C)Oc1ccccc1Br. The summed E-state index contributed by atoms with van der Waals surface area (Å²) < 4.78 is 6.50. The Morgan fingerprint density at radius 1 is 1.50 bits per heavy atom. The molecule has 2 nitrogen and oxygen atoms in total. The van der Waals surface area contributed by atoms with Gasteiger partial charge in [-0.2, -0.15) is 0 Å². The second-order valence-corrected chi connectivity index (χ2v) is 4.12. The quantitative estimate of drug-likeness (QED) is 0.827. The van der Waals surface area contributed by atoms with Crippen LogP contribution in [0.1, 0.15) is 20.3 Å². The Morgan fingerprint density at radius 3 is 2.71 bits per heavy atom. The zero-order chi connectivity index (χ0) is 10.6. The number of carbonyl (C=O) groups is 1. The average Bonchev–Trinajstić information content (AvgIpc) is 2.07. The van der Waals surface area contributed by atoms with Crippen molar-refractivity contribution in [1.82, 2.24) is 0 Å². The molecule has 0 amide bonds. The third kappa shape index (κ3) is 3.50. The van der Waals surface area contributed by atoms with Gasteiger partial charge >= 0.3 is 0 Å². The predicted molar refractivity (Wildman–Crippen MR) is 59.5 cm³/mol. The lowest BCUT2D eigenvalue weighted by molar-refractivity contribution is -0.118. The molecular formula is C11H13BrO2. The Balaban J connectivity index is 2.60. The first kappa shape index (κ1) is 11.2. The molecule has 1 aromatic rings. The van der Waals surface area contributed by atoms with Crippen LogP contribution in [-0.4, -0.2) is 11.9 Å². The van der Waals surface area contributed by atoms with Gasteiger partial charge in [-0.05, 0) is 41.9 Å². The van der Waals surface area contributed by atoms with Gasteiger partial charge in [0.1, 0.15) is 17.6 Å². The molecule has 0 aliphatic rings. The van der Waals surface area contributed by atoms with Crippen LogP contribution in [0.4, 0.5) is 0 Å². The van der Waals surface area contributed by atoms with E-state index in [0.717, 1.165) is 10.2 Å². The van der Waals surface area contributed by atoms with Crippen LogP contribution in [-0.2, 0) is 4.79 Å². The molecule has 1 unspecified atom stereocenters. The number of hydrogen-bond donors (Lipinski definition) is 0. The average molecular weight is 257 g/mol. The molecule has 0 aliphatic heterocycles. The molecule has 14 heavy (non-hydrogen) atoms. The van der Waals surface area contributed by atoms with Crippen molar-refractivity contribution in [3.05, 3.63) is 28.7 Å². The monoisotopic (exact) mass is 256 g/mol. The molecule has 1 aromatic carbocycles. The van der Waals surface area contributed by atoms with Crippen molar-refractivity contribution in [1.29, 1.82) is 0 Å². The first-order valence-electron chi connectivity index (χ1n) is 4.50. The largest absolute Gasteiger partial charge is 0.489 e. The van der Waals surface area contributed by atoms with E-state index in [-0.39, 0.29) is 11.9 Å². The Morgan fingerprint density at radius 2 is 2.14 bits per heavy atom. The maximum Gasteiger partial charge on any atom is 0.133 e. The van der Waals surface area contributed by atoms with Gasteiger partial charge in [-0.3, -0.25) is 4.79 Å². The number of ketones is 1. The first-order valence-corrected chi connectivity index (χ1v) is 5.29. The highest BCUT2D eigenvalue weighted by molar-refractivity contribution is 9.10. The van der Waals surface area contributed by atoms with Gasteiger partial charge in [-0.25, -0.2) is 0 Å². The van der Waals surface area contributed by atoms with E-state index in [1.807, 2.05) is 31.2 Å². The standard InChI is InChI=1S/C11H13BrO2/c1-8(13)7-9(2)14-11-6-4-3-5-10(11)12/h3-6,9H,7H2,1-2H3. The smallest absolute Gasteiger partial charge is 0.133 e. The van der Waals surface area contributed by atoms with E-state index in [0.29, 0.717) is 6.42 Å². The molecule has 0 aliphatic carbocycles. The third-order valence-electron chi connectivity index (χ3n) is 1.74. The Hall–Kier alpha value is -0.830. The van der Waals surface area contributed by atoms with Crippen LogP contribution in [0.15, 0.2) is 28.7 Å². The predicted octanol–water partition coefficient (Wildman–Crippen LogP) is 3.20. The van der Waals surface area contributed by atoms with Crippen molar-refractivity contribution < 1.29 is 9.53 Å². The number of Topliss-reactive ketones (excluding diaryl/α,β-unsaturated/α-hetero) is 1. The topological polar surface area (TPSA) is 26.3 Å². The van der Waals surface area contributed by atoms with E-state index in [2.05, 4.69) is 15.9 Å². The highest BCUT2D eigenvalue weighted by atomic mass is 79.9. The summed E-state index contributed by atoms with van der Waals surface area (Å²) in [5, 5.41) is 0. The molecule has 0 aromatic heterocycles. The summed E-state index contributed by atoms with van der Waals surface area (Å²) in [5.41, 5.74) is 0. The maximum absolute atomic E-state index is 10.8. The Labute approximate surface area is 92.4 Å². The summed E-state index contributed by atoms with van der Waals surface area (Å²) in [7, 11) is 0. The first-order chi connectivity index (χ1) is 6.59. The van der Waals surface area contributed by atoms with Gasteiger partial charge in [0.15, 0.2) is 0 Å². The molecule has 0 radical (unpaired) electrons. The fourth-order valence-corrected chi connectivity index (χ4v) is 1.58. The van der Waals surface area contributed by atoms with E-state index >= 15 is 0 Å². The van der Waals surface area contributed by atoms with Crippen LogP contribution in [0, 0.1) is 0 Å². The highest BCUT2D eigenvalue weighted by Gasteiger charge is 2.08. The molecule has 1 atom stereocenters. The van der Waals surface area contributed by atoms with Crippen molar-refractivity contribution in [2.75, 3.05) is 0 Å². The Kier molecular flexibility index (Phi) is 4.14. The highest BCUT2D eigenvalue weighted by Crippen LogP contribution is 2.25. The third-order valence-corrected chi connectivity index (χ3v) is 2.39. The fourth-order valence-electron chi connectivity index (χ4n) is 1.20. The van der Waals surface area contributed by atoms with Gasteiger partial charge in [-0.15, -0.1) is 0 Å². The minimum atomic E-state index is -0.0776. The molecule has 76 valence electrons. The number of carbonyl (C=O) groups excluding carboxylic acids is 1. The summed E-state index contributed by atoms with van der Waals surface area (Å²) >= 11 is 3.38. The molecule has 0 saturated heterocycles. The molecule has 1 rings (SSSR count). The second kappa shape index (κ2) is 5.15. The van der Waals surface area contributed by atoms with E-state index in [1.165, 1.54) is 0 Å². The number of rotatable bonds is 4. The zero-order valence-corrected chi connectivity index (χ0v) is 9.87. The molecule has 0 spiro atoms. The number of halogens is 1. The number of hydrogen-bond acceptors (Lipinski definition) is 2. The van der Waals surface area contributed by atoms with Crippen molar-refractivity contribution in [3.8, 4) is 5.75 Å². The van der Waals surface area contributed by atoms with Crippen LogP contribution in [0.2, 0.25) is 0 Å². The lowest BCUT2D eigenvalue weighted by Gasteiger charge is -2.14. The number of benzene rings is 1. The van der Waals surface area contributed by atoms with Crippen molar-refractivity contribution in [2.45, 2.75) is 26.4 Å². The van der Waals surface area contributed by atoms with Gasteiger partial charge in [0.25, 0.3) is 0 Å². The van der Waals surface area contributed by atoms with Crippen molar-refractivity contribution in [2.24, 2.45) is 0 Å². The summed E-state index contributed by atoms with van der Waals surface area (Å²) in [6.45, 7) is 3.46. The van der Waals surface area contributed by atoms with Crippen LogP contribution in [0.5, 0.6) is 5.75 Å². The fraction of sp³-hybridized carbons (Fsp3) is 0.364. The molecule has 0 fully saturated rings. The van der Waals surface area contributed by atoms with Gasteiger partial charge in [0, 0.05) is 6.42 Å². The normalized spacial score (nSPS) is 12.2. The lowest BCUT2D eigenvalue weighted by atomic mass is 10.2. The lowest BCUT2D eigenvalue weighted by Crippen LogP contribution is -2.15. The minimum Gasteiger partial charge on any atom is -0.489 e. The van der Waals surface area contributed by atoms with Gasteiger partial charge in [-0.1, -0.05) is 12.1 Å². The summed E-state index contributed by atoms with van der Waals surface area (Å²) in [6, 6.07) is 7.61. The summed E-state index contributed by atoms with van der Waals surface area (Å²) in [4.78, 5) is 10.8. The number of ether oxygens (including phenoxy) is 1. The van der Waals surface area contributed by atoms with Gasteiger partial charge in [0.05, 0.1) is 4.47 Å². The van der Waals surface area contributed by atoms with E-state index < -0.39 is 0 Å². The Bertz CT molecular complexity index is 323. The van der Waals surface area contributed by atoms with E-state index in [9.17, 15) is 4.79 Å². The molecule has 0 N–H and O–H groups in total. The molecule has 0 saturated carbocycles. The van der Waals surface area contributed by atoms with Crippen LogP contribution >= 0.6 is 15.9 Å². The van der Waals surface area contributed by atoms with E-state index in [1.54, 1.807) is 6.92 Å². The van der Waals surface area contributed by atoms with Gasteiger partial charge < -0.3 is 4.74 Å². The molecular weight excluding hydrogens is 244 g/mol. The molecule has 3 heteroatoms. The van der Waals surface area contributed by atoms with Crippen molar-refractivity contribution in [3.63, 3.8) is 0 Å². The van der Waals surface area contributed by atoms with Gasteiger partial charge in [0.2, 0.25) is 0 Å². The summed E-state index contributed by atoms with van der Waals surface area (Å²) in [5.74, 6) is 0.922. The second-order valence-electron chi connectivity index (χ2n) is 3.27. The van der Waals surface area contributed by atoms with Crippen LogP contribution in [0.3, 0.4) is 0 Å². The van der Waals surface area contributed by atoms with Crippen LogP contribution in [0.25, 0.3) is 0 Å². The van der Waals surface area contributed by atoms with Crippen LogP contribution < -0.4 is 4.74 Å². The summed E-state index contributed by atoms with van der Waals surface area (Å²) in [6.07, 6.45) is 0.368. The zero-order valence-electron chi connectivity index (χ0n) is 8.29. The van der Waals surface area contributed by atoms with E-state index in [4.69, 9.17) is 4.74 Å². The molecule has 0 heterocycles. The maximum atomic E-state index is 10.8.